The fourth-order valence-corrected chi connectivity index (χ4v) is 4.39. The lowest BCUT2D eigenvalue weighted by atomic mass is 10.0. The van der Waals surface area contributed by atoms with Gasteiger partial charge >= 0.3 is 0 Å². The van der Waals surface area contributed by atoms with Crippen LogP contribution in [0, 0.1) is 19.3 Å². The van der Waals surface area contributed by atoms with Crippen molar-refractivity contribution in [3.05, 3.63) is 89.0 Å². The van der Waals surface area contributed by atoms with Gasteiger partial charge in [0.15, 0.2) is 10.8 Å². The Balaban J connectivity index is 1.58. The molecule has 1 saturated heterocycles. The molecule has 1 N–H and O–H groups in total. The molecular weight excluding hydrogens is 467 g/mol. The average Bonchev–Trinajstić information content (AvgIpc) is 3.01. The molecule has 0 saturated carbocycles. The molecule has 3 aromatic rings. The van der Waals surface area contributed by atoms with Gasteiger partial charge in [0.1, 0.15) is 23.4 Å². The zero-order valence-corrected chi connectivity index (χ0v) is 20.1. The van der Waals surface area contributed by atoms with E-state index in [2.05, 4.69) is 20.1 Å². The van der Waals surface area contributed by atoms with Crippen molar-refractivity contribution in [3.8, 4) is 0 Å². The molecule has 2 heterocycles. The summed E-state index contributed by atoms with van der Waals surface area (Å²) in [5, 5.41) is 2.84. The number of anilines is 2. The van der Waals surface area contributed by atoms with Crippen LogP contribution in [0.2, 0.25) is 0 Å². The molecule has 0 bridgehead atoms. The second-order valence-electron chi connectivity index (χ2n) is 8.45. The van der Waals surface area contributed by atoms with Gasteiger partial charge in [0, 0.05) is 29.7 Å². The van der Waals surface area contributed by atoms with Gasteiger partial charge in [-0.05, 0) is 68.9 Å². The Kier molecular flexibility index (Phi) is 6.28. The van der Waals surface area contributed by atoms with Crippen LogP contribution in [0.25, 0.3) is 4.85 Å². The maximum Gasteiger partial charge on any atom is 0.270 e. The van der Waals surface area contributed by atoms with Crippen molar-refractivity contribution in [2.24, 2.45) is 0 Å². The summed E-state index contributed by atoms with van der Waals surface area (Å²) in [5.41, 5.74) is 1.56. The van der Waals surface area contributed by atoms with E-state index < -0.39 is 17.3 Å². The first-order chi connectivity index (χ1) is 16.6. The van der Waals surface area contributed by atoms with Crippen LogP contribution in [-0.4, -0.2) is 32.4 Å². The highest BCUT2D eigenvalue weighted by molar-refractivity contribution is 7.81. The summed E-state index contributed by atoms with van der Waals surface area (Å²) in [6, 6.07) is 11.0. The third kappa shape index (κ3) is 4.34. The Hall–Kier alpha value is -4.23. The zero-order valence-electron chi connectivity index (χ0n) is 19.2. The van der Waals surface area contributed by atoms with Gasteiger partial charge in [-0.25, -0.2) is 19.2 Å². The summed E-state index contributed by atoms with van der Waals surface area (Å²) in [5.74, 6) is -1.26. The van der Waals surface area contributed by atoms with Crippen molar-refractivity contribution in [3.63, 3.8) is 0 Å². The van der Waals surface area contributed by atoms with Crippen LogP contribution in [0.4, 0.5) is 21.5 Å². The lowest BCUT2D eigenvalue weighted by Crippen LogP contribution is -2.44. The molecule has 1 fully saturated rings. The molecule has 0 aliphatic carbocycles. The summed E-state index contributed by atoms with van der Waals surface area (Å²) >= 11 is 5.65. The Morgan fingerprint density at radius 1 is 1.20 bits per heavy atom. The predicted octanol–water partition coefficient (Wildman–Crippen LogP) is 4.32. The second-order valence-corrected chi connectivity index (χ2v) is 8.82. The first-order valence-electron chi connectivity index (χ1n) is 10.6. The molecule has 0 atom stereocenters. The molecule has 10 heteroatoms. The van der Waals surface area contributed by atoms with Crippen LogP contribution in [0.1, 0.15) is 35.5 Å². The number of hydrogen-bond acceptors (Lipinski definition) is 5. The fraction of sp³-hybridized carbons (Fsp3) is 0.200. The summed E-state index contributed by atoms with van der Waals surface area (Å²) in [6.07, 6.45) is 2.71. The van der Waals surface area contributed by atoms with E-state index in [0.29, 0.717) is 17.1 Å². The molecular formula is C25H21FN6O2S. The molecule has 0 spiro atoms. The normalized spacial score (nSPS) is 14.7. The van der Waals surface area contributed by atoms with Crippen LogP contribution >= 0.6 is 12.2 Å². The molecule has 2 amide bonds. The molecule has 8 nitrogen and oxygen atoms in total. The molecule has 1 aromatic heterocycles. The van der Waals surface area contributed by atoms with E-state index in [1.165, 1.54) is 29.6 Å². The maximum atomic E-state index is 15.0. The highest BCUT2D eigenvalue weighted by atomic mass is 32.1. The Labute approximate surface area is 207 Å². The second kappa shape index (κ2) is 9.19. The number of hydrogen-bond donors (Lipinski definition) is 1. The minimum Gasteiger partial charge on any atom is -0.347 e. The molecule has 1 aliphatic heterocycles. The predicted molar refractivity (Wildman–Crippen MR) is 134 cm³/mol. The van der Waals surface area contributed by atoms with E-state index in [1.54, 1.807) is 56.0 Å². The summed E-state index contributed by atoms with van der Waals surface area (Å²) in [4.78, 5) is 39.6. The van der Waals surface area contributed by atoms with Crippen molar-refractivity contribution in [1.29, 1.82) is 0 Å². The monoisotopic (exact) mass is 488 g/mol. The van der Waals surface area contributed by atoms with Crippen molar-refractivity contribution < 1.29 is 14.0 Å². The van der Waals surface area contributed by atoms with Crippen molar-refractivity contribution in [1.82, 2.24) is 15.3 Å². The van der Waals surface area contributed by atoms with E-state index in [0.717, 1.165) is 5.56 Å². The number of benzene rings is 2. The third-order valence-corrected chi connectivity index (χ3v) is 6.14. The molecule has 4 rings (SSSR count). The van der Waals surface area contributed by atoms with Gasteiger partial charge in [0.05, 0.1) is 6.57 Å². The van der Waals surface area contributed by atoms with Crippen LogP contribution in [0.5, 0.6) is 0 Å². The number of nitrogens with zero attached hydrogens (tertiary/aromatic N) is 5. The van der Waals surface area contributed by atoms with Gasteiger partial charge in [0.25, 0.3) is 11.8 Å². The van der Waals surface area contributed by atoms with Gasteiger partial charge < -0.3 is 10.2 Å². The highest BCUT2D eigenvalue weighted by Gasteiger charge is 2.50. The van der Waals surface area contributed by atoms with E-state index in [9.17, 15) is 9.59 Å². The van der Waals surface area contributed by atoms with Crippen LogP contribution in [0.3, 0.4) is 0 Å². The summed E-state index contributed by atoms with van der Waals surface area (Å²) in [7, 11) is 0. The maximum absolute atomic E-state index is 15.0. The van der Waals surface area contributed by atoms with Gasteiger partial charge in [0.2, 0.25) is 0 Å². The Morgan fingerprint density at radius 3 is 2.57 bits per heavy atom. The molecule has 0 radical (unpaired) electrons. The van der Waals surface area contributed by atoms with Crippen LogP contribution in [0.15, 0.2) is 55.0 Å². The Bertz CT molecular complexity index is 1390. The quantitative estimate of drug-likeness (QED) is 0.426. The third-order valence-electron chi connectivity index (χ3n) is 5.78. The molecule has 1 aliphatic rings. The summed E-state index contributed by atoms with van der Waals surface area (Å²) in [6.45, 7) is 12.4. The number of rotatable bonds is 5. The zero-order chi connectivity index (χ0) is 25.3. The average molecular weight is 489 g/mol. The molecule has 0 unspecified atom stereocenters. The number of halogens is 1. The number of carbonyl (C=O) groups is 2. The largest absolute Gasteiger partial charge is 0.347 e. The number of aryl methyl sites for hydroxylation is 1. The lowest BCUT2D eigenvalue weighted by molar-refractivity contribution is -0.120. The topological polar surface area (TPSA) is 82.8 Å². The van der Waals surface area contributed by atoms with Crippen LogP contribution in [-0.2, 0) is 11.3 Å². The number of aromatic nitrogens is 2. The summed E-state index contributed by atoms with van der Waals surface area (Å²) < 4.78 is 15.0. The van der Waals surface area contributed by atoms with E-state index >= 15 is 4.39 Å². The minimum absolute atomic E-state index is 0.0411. The fourth-order valence-electron chi connectivity index (χ4n) is 3.87. The number of carbonyl (C=O) groups excluding carboxylic acids is 2. The Morgan fingerprint density at radius 2 is 1.94 bits per heavy atom. The highest BCUT2D eigenvalue weighted by Crippen LogP contribution is 2.38. The number of nitrogens with one attached hydrogen (secondary N) is 1. The van der Waals surface area contributed by atoms with Crippen molar-refractivity contribution in [2.75, 3.05) is 9.80 Å². The van der Waals surface area contributed by atoms with Gasteiger partial charge in [-0.2, -0.15) is 0 Å². The number of amides is 2. The van der Waals surface area contributed by atoms with Gasteiger partial charge in [-0.3, -0.25) is 14.5 Å². The number of thiocarbonyl (C=S) groups is 1. The molecule has 2 aromatic carbocycles. The SMILES string of the molecule is [C-]#[N+]c1ccc(N2C(=O)C(C)(C)N(c3ccc(CNC(=O)c4ccncn4)c(F)c3)C2=S)cc1C. The molecule has 35 heavy (non-hydrogen) atoms. The van der Waals surface area contributed by atoms with Crippen LogP contribution < -0.4 is 15.1 Å². The van der Waals surface area contributed by atoms with E-state index in [4.69, 9.17) is 18.8 Å². The first kappa shape index (κ1) is 23.9. The minimum atomic E-state index is -1.07. The van der Waals surface area contributed by atoms with E-state index in [-0.39, 0.29) is 28.8 Å². The van der Waals surface area contributed by atoms with E-state index in [1.807, 2.05) is 0 Å². The standard InChI is InChI=1S/C25H21FN6O2S/c1-15-11-17(7-8-20(15)27-4)31-23(34)25(2,3)32(24(31)35)18-6-5-16(19(26)12-18)13-29-22(33)21-9-10-28-14-30-21/h5-12,14H,13H2,1-3H3,(H,29,33). The smallest absolute Gasteiger partial charge is 0.270 e. The lowest BCUT2D eigenvalue weighted by Gasteiger charge is -2.29. The van der Waals surface area contributed by atoms with Crippen molar-refractivity contribution >= 4 is 46.2 Å². The first-order valence-corrected chi connectivity index (χ1v) is 11.1. The molecule has 176 valence electrons. The van der Waals surface area contributed by atoms with Gasteiger partial charge in [-0.1, -0.05) is 12.1 Å². The van der Waals surface area contributed by atoms with Crippen molar-refractivity contribution in [2.45, 2.75) is 32.9 Å². The van der Waals surface area contributed by atoms with Gasteiger partial charge in [-0.15, -0.1) is 0 Å².